The standard InChI is InChI=1S/C14H23N3O2/c1-11-5-3-7-17(9-11)13(15)16-10-14(2,18)12-6-4-8-19-12/h4,6,8,11,18H,3,5,7,9-10H2,1-2H3,(H2,15,16). The van der Waals surface area contributed by atoms with Crippen LogP contribution in [-0.2, 0) is 5.60 Å². The zero-order chi connectivity index (χ0) is 13.9. The van der Waals surface area contributed by atoms with E-state index >= 15 is 0 Å². The topological polar surface area (TPSA) is 75.0 Å². The summed E-state index contributed by atoms with van der Waals surface area (Å²) in [5.74, 6) is 1.67. The summed E-state index contributed by atoms with van der Waals surface area (Å²) in [6.45, 7) is 6.00. The number of hydrogen-bond donors (Lipinski definition) is 2. The van der Waals surface area contributed by atoms with Crippen LogP contribution in [0.25, 0.3) is 0 Å². The normalized spacial score (nSPS) is 24.3. The highest BCUT2D eigenvalue weighted by atomic mass is 16.4. The van der Waals surface area contributed by atoms with Gasteiger partial charge in [-0.2, -0.15) is 0 Å². The minimum absolute atomic E-state index is 0.206. The van der Waals surface area contributed by atoms with E-state index in [0.717, 1.165) is 19.5 Å². The van der Waals surface area contributed by atoms with Gasteiger partial charge in [0.25, 0.3) is 0 Å². The second-order valence-corrected chi connectivity index (χ2v) is 5.62. The molecule has 106 valence electrons. The fraction of sp³-hybridized carbons (Fsp3) is 0.643. The number of likely N-dealkylation sites (tertiary alicyclic amines) is 1. The van der Waals surface area contributed by atoms with E-state index in [2.05, 4.69) is 16.8 Å². The van der Waals surface area contributed by atoms with Crippen LogP contribution in [0.5, 0.6) is 0 Å². The van der Waals surface area contributed by atoms with Gasteiger partial charge in [0, 0.05) is 13.1 Å². The van der Waals surface area contributed by atoms with Crippen molar-refractivity contribution in [3.63, 3.8) is 0 Å². The van der Waals surface area contributed by atoms with Gasteiger partial charge in [-0.05, 0) is 37.8 Å². The van der Waals surface area contributed by atoms with Crippen molar-refractivity contribution >= 4 is 5.96 Å². The zero-order valence-electron chi connectivity index (χ0n) is 11.7. The van der Waals surface area contributed by atoms with Gasteiger partial charge in [-0.15, -0.1) is 0 Å². The Morgan fingerprint density at radius 3 is 3.11 bits per heavy atom. The summed E-state index contributed by atoms with van der Waals surface area (Å²) in [4.78, 5) is 6.41. The number of rotatable bonds is 3. The smallest absolute Gasteiger partial charge is 0.191 e. The molecule has 0 spiro atoms. The van der Waals surface area contributed by atoms with Crippen molar-refractivity contribution in [1.82, 2.24) is 4.90 Å². The van der Waals surface area contributed by atoms with Gasteiger partial charge in [-0.1, -0.05) is 6.92 Å². The Labute approximate surface area is 114 Å². The Morgan fingerprint density at radius 2 is 2.47 bits per heavy atom. The Hall–Kier alpha value is -1.49. The van der Waals surface area contributed by atoms with Gasteiger partial charge in [0.05, 0.1) is 12.8 Å². The number of nitrogens with two attached hydrogens (primary N) is 1. The van der Waals surface area contributed by atoms with Gasteiger partial charge in [0.15, 0.2) is 5.96 Å². The average Bonchev–Trinajstić information content (AvgIpc) is 2.90. The van der Waals surface area contributed by atoms with Crippen molar-refractivity contribution in [3.8, 4) is 0 Å². The molecule has 2 unspecified atom stereocenters. The maximum atomic E-state index is 10.3. The second kappa shape index (κ2) is 5.65. The van der Waals surface area contributed by atoms with E-state index in [1.54, 1.807) is 25.3 Å². The number of hydrogen-bond acceptors (Lipinski definition) is 3. The lowest BCUT2D eigenvalue weighted by Gasteiger charge is -2.32. The van der Waals surface area contributed by atoms with E-state index in [1.807, 2.05) is 0 Å². The van der Waals surface area contributed by atoms with Crippen LogP contribution >= 0.6 is 0 Å². The van der Waals surface area contributed by atoms with Crippen LogP contribution < -0.4 is 5.73 Å². The monoisotopic (exact) mass is 265 g/mol. The number of nitrogens with zero attached hydrogens (tertiary/aromatic N) is 2. The molecule has 1 fully saturated rings. The summed E-state index contributed by atoms with van der Waals surface area (Å²) in [5.41, 5.74) is 4.89. The molecule has 3 N–H and O–H groups in total. The third-order valence-electron chi connectivity index (χ3n) is 3.58. The maximum absolute atomic E-state index is 10.3. The lowest BCUT2D eigenvalue weighted by Crippen LogP contribution is -2.44. The quantitative estimate of drug-likeness (QED) is 0.642. The van der Waals surface area contributed by atoms with E-state index in [0.29, 0.717) is 17.6 Å². The molecule has 1 aromatic heterocycles. The van der Waals surface area contributed by atoms with Gasteiger partial charge in [0.1, 0.15) is 11.4 Å². The average molecular weight is 265 g/mol. The maximum Gasteiger partial charge on any atom is 0.191 e. The molecule has 0 aromatic carbocycles. The number of furan rings is 1. The van der Waals surface area contributed by atoms with E-state index in [4.69, 9.17) is 10.2 Å². The number of aliphatic imine (C=N–C) groups is 1. The number of aliphatic hydroxyl groups is 1. The number of guanidine groups is 1. The molecule has 2 heterocycles. The summed E-state index contributed by atoms with van der Waals surface area (Å²) in [6.07, 6.45) is 3.93. The SMILES string of the molecule is CC1CCCN(C(N)=NCC(C)(O)c2ccco2)C1. The summed E-state index contributed by atoms with van der Waals surface area (Å²) in [7, 11) is 0. The Bertz CT molecular complexity index is 426. The predicted molar refractivity (Wildman–Crippen MR) is 74.7 cm³/mol. The van der Waals surface area contributed by atoms with Gasteiger partial charge in [-0.3, -0.25) is 0 Å². The van der Waals surface area contributed by atoms with Crippen LogP contribution in [0.4, 0.5) is 0 Å². The van der Waals surface area contributed by atoms with Gasteiger partial charge in [-0.25, -0.2) is 4.99 Å². The van der Waals surface area contributed by atoms with E-state index < -0.39 is 5.60 Å². The van der Waals surface area contributed by atoms with E-state index in [9.17, 15) is 5.11 Å². The van der Waals surface area contributed by atoms with Crippen molar-refractivity contribution < 1.29 is 9.52 Å². The fourth-order valence-electron chi connectivity index (χ4n) is 2.40. The van der Waals surface area contributed by atoms with Crippen molar-refractivity contribution in [2.75, 3.05) is 19.6 Å². The molecule has 0 aliphatic carbocycles. The Balaban J connectivity index is 1.97. The zero-order valence-corrected chi connectivity index (χ0v) is 11.7. The lowest BCUT2D eigenvalue weighted by molar-refractivity contribution is 0.0434. The lowest BCUT2D eigenvalue weighted by atomic mass is 10.0. The summed E-state index contributed by atoms with van der Waals surface area (Å²) >= 11 is 0. The highest BCUT2D eigenvalue weighted by molar-refractivity contribution is 5.78. The van der Waals surface area contributed by atoms with Gasteiger partial charge in [0.2, 0.25) is 0 Å². The van der Waals surface area contributed by atoms with Crippen LogP contribution in [0.3, 0.4) is 0 Å². The summed E-state index contributed by atoms with van der Waals surface area (Å²) in [6, 6.07) is 3.50. The Morgan fingerprint density at radius 1 is 1.68 bits per heavy atom. The van der Waals surface area contributed by atoms with Crippen molar-refractivity contribution in [3.05, 3.63) is 24.2 Å². The molecule has 5 heteroatoms. The first kappa shape index (κ1) is 13.9. The fourth-order valence-corrected chi connectivity index (χ4v) is 2.40. The third-order valence-corrected chi connectivity index (χ3v) is 3.58. The van der Waals surface area contributed by atoms with Crippen molar-refractivity contribution in [2.45, 2.75) is 32.3 Å². The first-order chi connectivity index (χ1) is 8.99. The molecule has 0 saturated carbocycles. The molecular weight excluding hydrogens is 242 g/mol. The molecule has 2 atom stereocenters. The van der Waals surface area contributed by atoms with Crippen molar-refractivity contribution in [2.24, 2.45) is 16.6 Å². The molecule has 1 aliphatic rings. The molecule has 1 saturated heterocycles. The molecule has 0 bridgehead atoms. The number of piperidine rings is 1. The molecule has 1 aliphatic heterocycles. The highest BCUT2D eigenvalue weighted by Gasteiger charge is 2.26. The van der Waals surface area contributed by atoms with E-state index in [-0.39, 0.29) is 6.54 Å². The summed E-state index contributed by atoms with van der Waals surface area (Å²) in [5, 5.41) is 10.3. The minimum atomic E-state index is -1.12. The molecule has 2 rings (SSSR count). The Kier molecular flexibility index (Phi) is 4.14. The molecule has 0 radical (unpaired) electrons. The molecule has 1 aromatic rings. The second-order valence-electron chi connectivity index (χ2n) is 5.62. The molecule has 19 heavy (non-hydrogen) atoms. The van der Waals surface area contributed by atoms with Crippen LogP contribution in [0.2, 0.25) is 0 Å². The first-order valence-corrected chi connectivity index (χ1v) is 6.80. The molecule has 0 amide bonds. The predicted octanol–water partition coefficient (Wildman–Crippen LogP) is 1.53. The van der Waals surface area contributed by atoms with Gasteiger partial charge >= 0.3 is 0 Å². The van der Waals surface area contributed by atoms with Gasteiger partial charge < -0.3 is 20.2 Å². The van der Waals surface area contributed by atoms with Crippen LogP contribution in [-0.4, -0.2) is 35.6 Å². The third kappa shape index (κ3) is 3.50. The van der Waals surface area contributed by atoms with Crippen LogP contribution in [0.15, 0.2) is 27.8 Å². The summed E-state index contributed by atoms with van der Waals surface area (Å²) < 4.78 is 5.22. The van der Waals surface area contributed by atoms with Crippen molar-refractivity contribution in [1.29, 1.82) is 0 Å². The van der Waals surface area contributed by atoms with Crippen LogP contribution in [0, 0.1) is 5.92 Å². The van der Waals surface area contributed by atoms with Crippen LogP contribution in [0.1, 0.15) is 32.4 Å². The minimum Gasteiger partial charge on any atom is -0.466 e. The largest absolute Gasteiger partial charge is 0.466 e. The molecule has 5 nitrogen and oxygen atoms in total. The van der Waals surface area contributed by atoms with E-state index in [1.165, 1.54) is 6.42 Å². The highest BCUT2D eigenvalue weighted by Crippen LogP contribution is 2.21. The molecular formula is C14H23N3O2. The first-order valence-electron chi connectivity index (χ1n) is 6.80.